The van der Waals surface area contributed by atoms with Crippen LogP contribution in [-0.2, 0) is 16.1 Å². The van der Waals surface area contributed by atoms with E-state index in [2.05, 4.69) is 20.9 Å². The van der Waals surface area contributed by atoms with E-state index in [9.17, 15) is 24.0 Å². The summed E-state index contributed by atoms with van der Waals surface area (Å²) in [5, 5.41) is 7.81. The number of aromatic amines is 1. The van der Waals surface area contributed by atoms with Gasteiger partial charge < -0.3 is 25.5 Å². The van der Waals surface area contributed by atoms with Crippen LogP contribution in [0.25, 0.3) is 11.0 Å². The van der Waals surface area contributed by atoms with Crippen molar-refractivity contribution in [2.75, 3.05) is 11.9 Å². The van der Waals surface area contributed by atoms with Crippen LogP contribution in [-0.4, -0.2) is 39.9 Å². The van der Waals surface area contributed by atoms with Gasteiger partial charge in [-0.05, 0) is 24.3 Å². The minimum Gasteiger partial charge on any atom is -0.354 e. The Morgan fingerprint density at radius 1 is 1.00 bits per heavy atom. The highest BCUT2D eigenvalue weighted by atomic mass is 16.2. The van der Waals surface area contributed by atoms with E-state index < -0.39 is 34.9 Å². The Bertz CT molecular complexity index is 1310. The Labute approximate surface area is 175 Å². The molecule has 3 aromatic rings. The molecular formula is C21H19N5O5. The number of carbonyl (C=O) groups excluding carboxylic acids is 3. The molecule has 3 amide bonds. The summed E-state index contributed by atoms with van der Waals surface area (Å²) in [7, 11) is 0. The smallest absolute Gasteiger partial charge is 0.316 e. The van der Waals surface area contributed by atoms with Crippen molar-refractivity contribution in [3.05, 3.63) is 74.8 Å². The zero-order valence-electron chi connectivity index (χ0n) is 16.3. The molecule has 0 fully saturated rings. The number of nitrogens with one attached hydrogen (secondary N) is 4. The van der Waals surface area contributed by atoms with Crippen molar-refractivity contribution in [2.24, 2.45) is 0 Å². The van der Waals surface area contributed by atoms with Crippen molar-refractivity contribution in [3.63, 3.8) is 0 Å². The molecule has 1 aliphatic heterocycles. The van der Waals surface area contributed by atoms with E-state index in [1.807, 2.05) is 0 Å². The molecule has 10 heteroatoms. The van der Waals surface area contributed by atoms with E-state index in [4.69, 9.17) is 0 Å². The molecule has 1 aromatic heterocycles. The third-order valence-electron chi connectivity index (χ3n) is 4.98. The fraction of sp³-hybridized carbons (Fsp3) is 0.190. The van der Waals surface area contributed by atoms with Gasteiger partial charge in [-0.1, -0.05) is 24.3 Å². The monoisotopic (exact) mass is 421 g/mol. The molecule has 158 valence electrons. The predicted octanol–water partition coefficient (Wildman–Crippen LogP) is -0.0532. The van der Waals surface area contributed by atoms with Crippen LogP contribution in [0.5, 0.6) is 0 Å². The van der Waals surface area contributed by atoms with Crippen LogP contribution in [0.1, 0.15) is 16.8 Å². The van der Waals surface area contributed by atoms with E-state index in [-0.39, 0.29) is 19.5 Å². The SMILES string of the molecule is O=C(C[C@H]1NC(=O)c2ccccc2NC1=O)NCCn1c(=O)c(=O)[nH]c2ccccc21. The second-order valence-electron chi connectivity index (χ2n) is 7.04. The third kappa shape index (κ3) is 4.08. The average molecular weight is 421 g/mol. The molecule has 1 aliphatic rings. The summed E-state index contributed by atoms with van der Waals surface area (Å²) in [6.45, 7) is 0.137. The minimum atomic E-state index is -1.04. The average Bonchev–Trinajstić information content (AvgIpc) is 2.87. The number of hydrogen-bond acceptors (Lipinski definition) is 5. The predicted molar refractivity (Wildman–Crippen MR) is 113 cm³/mol. The highest BCUT2D eigenvalue weighted by Gasteiger charge is 2.29. The summed E-state index contributed by atoms with van der Waals surface area (Å²) in [6.07, 6.45) is -0.267. The van der Waals surface area contributed by atoms with Crippen LogP contribution in [0.3, 0.4) is 0 Å². The first kappa shape index (κ1) is 20.1. The summed E-state index contributed by atoms with van der Waals surface area (Å²) < 4.78 is 1.28. The lowest BCUT2D eigenvalue weighted by Gasteiger charge is -2.15. The lowest BCUT2D eigenvalue weighted by Crippen LogP contribution is -2.45. The summed E-state index contributed by atoms with van der Waals surface area (Å²) in [5.74, 6) is -1.42. The van der Waals surface area contributed by atoms with Crippen LogP contribution in [0.2, 0.25) is 0 Å². The van der Waals surface area contributed by atoms with Gasteiger partial charge in [-0.25, -0.2) is 0 Å². The van der Waals surface area contributed by atoms with E-state index >= 15 is 0 Å². The largest absolute Gasteiger partial charge is 0.354 e. The lowest BCUT2D eigenvalue weighted by molar-refractivity contribution is -0.125. The molecular weight excluding hydrogens is 402 g/mol. The molecule has 0 aliphatic carbocycles. The maximum absolute atomic E-state index is 12.4. The van der Waals surface area contributed by atoms with Crippen LogP contribution in [0.15, 0.2) is 58.1 Å². The number of nitrogens with zero attached hydrogens (tertiary/aromatic N) is 1. The van der Waals surface area contributed by atoms with Gasteiger partial charge in [-0.2, -0.15) is 0 Å². The van der Waals surface area contributed by atoms with E-state index in [1.54, 1.807) is 48.5 Å². The molecule has 2 heterocycles. The zero-order chi connectivity index (χ0) is 22.0. The van der Waals surface area contributed by atoms with Gasteiger partial charge >= 0.3 is 11.1 Å². The molecule has 0 unspecified atom stereocenters. The third-order valence-corrected chi connectivity index (χ3v) is 4.98. The van der Waals surface area contributed by atoms with Crippen molar-refractivity contribution >= 4 is 34.4 Å². The summed E-state index contributed by atoms with van der Waals surface area (Å²) in [5.41, 5.74) is 0.279. The maximum atomic E-state index is 12.4. The van der Waals surface area contributed by atoms with Gasteiger partial charge in [0.1, 0.15) is 6.04 Å². The molecule has 0 saturated heterocycles. The number of para-hydroxylation sites is 3. The first-order valence-electron chi connectivity index (χ1n) is 9.63. The van der Waals surface area contributed by atoms with Crippen LogP contribution >= 0.6 is 0 Å². The van der Waals surface area contributed by atoms with Gasteiger partial charge in [0.2, 0.25) is 11.8 Å². The van der Waals surface area contributed by atoms with Crippen molar-refractivity contribution in [1.82, 2.24) is 20.2 Å². The number of benzene rings is 2. The molecule has 31 heavy (non-hydrogen) atoms. The Hall–Kier alpha value is -4.21. The minimum absolute atomic E-state index is 0.0642. The van der Waals surface area contributed by atoms with Gasteiger partial charge in [-0.15, -0.1) is 0 Å². The number of aromatic nitrogens is 2. The van der Waals surface area contributed by atoms with Crippen LogP contribution in [0.4, 0.5) is 5.69 Å². The second-order valence-corrected chi connectivity index (χ2v) is 7.04. The van der Waals surface area contributed by atoms with Gasteiger partial charge in [0, 0.05) is 13.1 Å². The number of carbonyl (C=O) groups is 3. The molecule has 0 saturated carbocycles. The Morgan fingerprint density at radius 2 is 1.74 bits per heavy atom. The molecule has 0 spiro atoms. The molecule has 0 bridgehead atoms. The van der Waals surface area contributed by atoms with E-state index in [0.717, 1.165) is 0 Å². The quantitative estimate of drug-likeness (QED) is 0.427. The highest BCUT2D eigenvalue weighted by molar-refractivity contribution is 6.10. The number of amides is 3. The first-order valence-corrected chi connectivity index (χ1v) is 9.63. The lowest BCUT2D eigenvalue weighted by atomic mass is 10.1. The van der Waals surface area contributed by atoms with Gasteiger partial charge in [0.05, 0.1) is 28.7 Å². The fourth-order valence-corrected chi connectivity index (χ4v) is 3.46. The Balaban J connectivity index is 1.41. The topological polar surface area (TPSA) is 142 Å². The number of hydrogen-bond donors (Lipinski definition) is 4. The van der Waals surface area contributed by atoms with E-state index in [0.29, 0.717) is 22.3 Å². The van der Waals surface area contributed by atoms with Crippen LogP contribution in [0, 0.1) is 0 Å². The summed E-state index contributed by atoms with van der Waals surface area (Å²) in [4.78, 5) is 63.6. The van der Waals surface area contributed by atoms with Crippen LogP contribution < -0.4 is 27.1 Å². The highest BCUT2D eigenvalue weighted by Crippen LogP contribution is 2.18. The summed E-state index contributed by atoms with van der Waals surface area (Å²) >= 11 is 0. The normalized spacial score (nSPS) is 15.5. The van der Waals surface area contributed by atoms with Crippen molar-refractivity contribution in [2.45, 2.75) is 19.0 Å². The molecule has 1 atom stereocenters. The Kier molecular flexibility index (Phi) is 5.35. The van der Waals surface area contributed by atoms with Gasteiger partial charge in [-0.3, -0.25) is 24.0 Å². The van der Waals surface area contributed by atoms with Gasteiger partial charge in [0.15, 0.2) is 0 Å². The van der Waals surface area contributed by atoms with Crippen molar-refractivity contribution < 1.29 is 14.4 Å². The molecule has 0 radical (unpaired) electrons. The number of rotatable bonds is 5. The number of fused-ring (bicyclic) bond motifs is 2. The zero-order valence-corrected chi connectivity index (χ0v) is 16.3. The maximum Gasteiger partial charge on any atom is 0.316 e. The molecule has 4 N–H and O–H groups in total. The Morgan fingerprint density at radius 3 is 2.58 bits per heavy atom. The van der Waals surface area contributed by atoms with E-state index in [1.165, 1.54) is 4.57 Å². The number of H-pyrrole nitrogens is 1. The molecule has 4 rings (SSSR count). The molecule has 10 nitrogen and oxygen atoms in total. The first-order chi connectivity index (χ1) is 14.9. The summed E-state index contributed by atoms with van der Waals surface area (Å²) in [6, 6.07) is 12.4. The van der Waals surface area contributed by atoms with Crippen molar-refractivity contribution in [3.8, 4) is 0 Å². The van der Waals surface area contributed by atoms with Crippen molar-refractivity contribution in [1.29, 1.82) is 0 Å². The molecule has 2 aromatic carbocycles. The standard InChI is InChI=1S/C21H19N5O5/c27-17(11-15-19(29)23-13-6-2-1-5-12(13)18(28)25-15)22-9-10-26-16-8-4-3-7-14(16)24-20(30)21(26)31/h1-8,15H,9-11H2,(H,22,27)(H,23,29)(H,24,30)(H,25,28)/t15-/m1/s1. The number of anilines is 1. The second kappa shape index (κ2) is 8.27. The fourth-order valence-electron chi connectivity index (χ4n) is 3.46. The van der Waals surface area contributed by atoms with Gasteiger partial charge in [0.25, 0.3) is 5.91 Å².